The Balaban J connectivity index is 2.49. The highest BCUT2D eigenvalue weighted by atomic mass is 16.5. The Morgan fingerprint density at radius 1 is 1.40 bits per heavy atom. The number of nitrogens with two attached hydrogens (primary N) is 1. The molecule has 2 N–H and O–H groups in total. The zero-order chi connectivity index (χ0) is 15.0. The van der Waals surface area contributed by atoms with Crippen molar-refractivity contribution in [3.63, 3.8) is 0 Å². The number of carbonyl (C=O) groups is 2. The third-order valence-electron chi connectivity index (χ3n) is 3.84. The number of hydrogen-bond donors (Lipinski definition) is 1. The van der Waals surface area contributed by atoms with Crippen molar-refractivity contribution in [1.29, 1.82) is 0 Å². The molecule has 1 heterocycles. The van der Waals surface area contributed by atoms with Crippen LogP contribution in [0.1, 0.15) is 32.1 Å². The number of amides is 1. The van der Waals surface area contributed by atoms with Gasteiger partial charge >= 0.3 is 5.97 Å². The summed E-state index contributed by atoms with van der Waals surface area (Å²) in [5.74, 6) is -0.110. The maximum atomic E-state index is 12.1. The van der Waals surface area contributed by atoms with Gasteiger partial charge in [0, 0.05) is 19.6 Å². The van der Waals surface area contributed by atoms with Gasteiger partial charge in [0.15, 0.2) is 0 Å². The van der Waals surface area contributed by atoms with E-state index in [-0.39, 0.29) is 17.9 Å². The van der Waals surface area contributed by atoms with Crippen LogP contribution in [-0.2, 0) is 14.3 Å². The number of likely N-dealkylation sites (tertiary alicyclic amines) is 1. The highest BCUT2D eigenvalue weighted by Crippen LogP contribution is 2.20. The van der Waals surface area contributed by atoms with Crippen LogP contribution >= 0.6 is 0 Å². The molecule has 1 rings (SSSR count). The van der Waals surface area contributed by atoms with Crippen LogP contribution in [0.4, 0.5) is 0 Å². The second kappa shape index (κ2) is 8.92. The van der Waals surface area contributed by atoms with Gasteiger partial charge in [-0.1, -0.05) is 6.42 Å². The van der Waals surface area contributed by atoms with E-state index in [4.69, 9.17) is 10.5 Å². The Hall–Kier alpha value is -1.14. The molecule has 0 aliphatic carbocycles. The van der Waals surface area contributed by atoms with Crippen molar-refractivity contribution in [3.05, 3.63) is 0 Å². The van der Waals surface area contributed by atoms with Crippen LogP contribution in [0.5, 0.6) is 0 Å². The third kappa shape index (κ3) is 5.46. The second-order valence-electron chi connectivity index (χ2n) is 5.36. The summed E-state index contributed by atoms with van der Waals surface area (Å²) in [6.45, 7) is 2.53. The summed E-state index contributed by atoms with van der Waals surface area (Å²) in [5, 5.41) is 0. The highest BCUT2D eigenvalue weighted by molar-refractivity contribution is 5.78. The molecule has 0 saturated carbocycles. The van der Waals surface area contributed by atoms with Gasteiger partial charge in [-0.2, -0.15) is 0 Å². The molecule has 0 aromatic heterocycles. The Morgan fingerprint density at radius 2 is 2.15 bits per heavy atom. The smallest absolute Gasteiger partial charge is 0.307 e. The number of nitrogens with zero attached hydrogens (tertiary/aromatic N) is 2. The van der Waals surface area contributed by atoms with Crippen molar-refractivity contribution in [1.82, 2.24) is 9.80 Å². The van der Waals surface area contributed by atoms with Crippen LogP contribution in [0.25, 0.3) is 0 Å². The molecule has 6 heteroatoms. The average Bonchev–Trinajstić information content (AvgIpc) is 2.46. The summed E-state index contributed by atoms with van der Waals surface area (Å²) < 4.78 is 4.73. The van der Waals surface area contributed by atoms with E-state index < -0.39 is 0 Å². The molecule has 1 aliphatic heterocycles. The van der Waals surface area contributed by atoms with Crippen LogP contribution in [0, 0.1) is 0 Å². The first kappa shape index (κ1) is 16.9. The lowest BCUT2D eigenvalue weighted by Gasteiger charge is -2.35. The molecule has 0 spiro atoms. The molecule has 1 atom stereocenters. The summed E-state index contributed by atoms with van der Waals surface area (Å²) in [7, 11) is 3.21. The molecule has 1 unspecified atom stereocenters. The first-order valence-electron chi connectivity index (χ1n) is 7.33. The lowest BCUT2D eigenvalue weighted by molar-refractivity contribution is -0.143. The number of hydrogen-bond acceptors (Lipinski definition) is 5. The van der Waals surface area contributed by atoms with Crippen LogP contribution in [0.15, 0.2) is 0 Å². The monoisotopic (exact) mass is 285 g/mol. The van der Waals surface area contributed by atoms with Gasteiger partial charge in [0.25, 0.3) is 0 Å². The van der Waals surface area contributed by atoms with E-state index in [1.165, 1.54) is 7.11 Å². The number of carbonyl (C=O) groups excluding carboxylic acids is 2. The maximum Gasteiger partial charge on any atom is 0.307 e. The Morgan fingerprint density at radius 3 is 2.80 bits per heavy atom. The van der Waals surface area contributed by atoms with Gasteiger partial charge in [-0.15, -0.1) is 0 Å². The van der Waals surface area contributed by atoms with Crippen molar-refractivity contribution < 1.29 is 14.3 Å². The molecule has 6 nitrogen and oxygen atoms in total. The molecule has 0 aromatic rings. The molecule has 1 fully saturated rings. The van der Waals surface area contributed by atoms with E-state index in [1.807, 2.05) is 0 Å². The van der Waals surface area contributed by atoms with E-state index in [1.54, 1.807) is 11.9 Å². The van der Waals surface area contributed by atoms with E-state index in [0.717, 1.165) is 32.2 Å². The van der Waals surface area contributed by atoms with Gasteiger partial charge in [0.05, 0.1) is 20.1 Å². The minimum Gasteiger partial charge on any atom is -0.469 e. The predicted molar refractivity (Wildman–Crippen MR) is 77.2 cm³/mol. The second-order valence-corrected chi connectivity index (χ2v) is 5.36. The number of piperidine rings is 1. The molecule has 20 heavy (non-hydrogen) atoms. The van der Waals surface area contributed by atoms with E-state index in [0.29, 0.717) is 26.1 Å². The van der Waals surface area contributed by atoms with E-state index in [2.05, 4.69) is 4.90 Å². The van der Waals surface area contributed by atoms with E-state index >= 15 is 0 Å². The van der Waals surface area contributed by atoms with Crippen molar-refractivity contribution in [2.75, 3.05) is 40.3 Å². The summed E-state index contributed by atoms with van der Waals surface area (Å²) in [5.41, 5.74) is 5.45. The zero-order valence-corrected chi connectivity index (χ0v) is 12.6. The van der Waals surface area contributed by atoms with Gasteiger partial charge in [0.2, 0.25) is 5.91 Å². The van der Waals surface area contributed by atoms with E-state index in [9.17, 15) is 9.59 Å². The van der Waals surface area contributed by atoms with Gasteiger partial charge in [-0.25, -0.2) is 0 Å². The molecular weight excluding hydrogens is 258 g/mol. The number of rotatable bonds is 7. The molecular formula is C14H27N3O3. The minimum atomic E-state index is -0.203. The van der Waals surface area contributed by atoms with Gasteiger partial charge in [0.1, 0.15) is 0 Å². The SMILES string of the molecule is COC(=O)CC1CCCCN1CC(=O)N(C)CCCN. The number of likely N-dealkylation sites (N-methyl/N-ethyl adjacent to an activating group) is 1. The molecule has 116 valence electrons. The maximum absolute atomic E-state index is 12.1. The normalized spacial score (nSPS) is 19.6. The molecule has 0 aromatic carbocycles. The van der Waals surface area contributed by atoms with Crippen LogP contribution in [0.3, 0.4) is 0 Å². The number of esters is 1. The molecule has 0 bridgehead atoms. The first-order chi connectivity index (χ1) is 9.58. The van der Waals surface area contributed by atoms with Crippen molar-refractivity contribution >= 4 is 11.9 Å². The fourth-order valence-corrected chi connectivity index (χ4v) is 2.52. The summed E-state index contributed by atoms with van der Waals surface area (Å²) in [6, 6.07) is 0.128. The fraction of sp³-hybridized carbons (Fsp3) is 0.857. The van der Waals surface area contributed by atoms with Crippen LogP contribution in [0.2, 0.25) is 0 Å². The van der Waals surface area contributed by atoms with Gasteiger partial charge in [-0.3, -0.25) is 14.5 Å². The summed E-state index contributed by atoms with van der Waals surface area (Å²) >= 11 is 0. The quantitative estimate of drug-likeness (QED) is 0.677. The average molecular weight is 285 g/mol. The first-order valence-corrected chi connectivity index (χ1v) is 7.33. The summed E-state index contributed by atoms with van der Waals surface area (Å²) in [6.07, 6.45) is 4.33. The van der Waals surface area contributed by atoms with Gasteiger partial charge in [-0.05, 0) is 32.4 Å². The minimum absolute atomic E-state index is 0.0928. The lowest BCUT2D eigenvalue weighted by atomic mass is 9.99. The lowest BCUT2D eigenvalue weighted by Crippen LogP contribution is -2.47. The fourth-order valence-electron chi connectivity index (χ4n) is 2.52. The standard InChI is InChI=1S/C14H27N3O3/c1-16(8-5-7-15)13(18)11-17-9-4-3-6-12(17)10-14(19)20-2/h12H,3-11,15H2,1-2H3. The Bertz CT molecular complexity index is 323. The van der Waals surface area contributed by atoms with Crippen LogP contribution in [-0.4, -0.2) is 68.1 Å². The predicted octanol–water partition coefficient (Wildman–Crippen LogP) is 0.211. The molecule has 1 amide bonds. The molecule has 1 saturated heterocycles. The van der Waals surface area contributed by atoms with Crippen molar-refractivity contribution in [3.8, 4) is 0 Å². The molecule has 1 aliphatic rings. The largest absolute Gasteiger partial charge is 0.469 e. The zero-order valence-electron chi connectivity index (χ0n) is 12.6. The third-order valence-corrected chi connectivity index (χ3v) is 3.84. The number of ether oxygens (including phenoxy) is 1. The number of methoxy groups -OCH3 is 1. The van der Waals surface area contributed by atoms with Gasteiger partial charge < -0.3 is 15.4 Å². The van der Waals surface area contributed by atoms with Crippen molar-refractivity contribution in [2.45, 2.75) is 38.1 Å². The Kier molecular flexibility index (Phi) is 7.54. The summed E-state index contributed by atoms with van der Waals surface area (Å²) in [4.78, 5) is 27.4. The molecule has 0 radical (unpaired) electrons. The highest BCUT2D eigenvalue weighted by Gasteiger charge is 2.27. The van der Waals surface area contributed by atoms with Crippen LogP contribution < -0.4 is 5.73 Å². The Labute approximate surface area is 121 Å². The van der Waals surface area contributed by atoms with Crippen molar-refractivity contribution in [2.24, 2.45) is 5.73 Å². The topological polar surface area (TPSA) is 75.9 Å².